The summed E-state index contributed by atoms with van der Waals surface area (Å²) in [6.45, 7) is 4.84. The van der Waals surface area contributed by atoms with Gasteiger partial charge in [-0.05, 0) is 57.6 Å². The Morgan fingerprint density at radius 3 is 2.45 bits per heavy atom. The van der Waals surface area contributed by atoms with Crippen molar-refractivity contribution in [3.63, 3.8) is 0 Å². The second kappa shape index (κ2) is 12.4. The highest BCUT2D eigenvalue weighted by atomic mass is 79.9. The van der Waals surface area contributed by atoms with Crippen molar-refractivity contribution in [2.45, 2.75) is 39.2 Å². The van der Waals surface area contributed by atoms with Crippen LogP contribution in [-0.2, 0) is 16.0 Å². The van der Waals surface area contributed by atoms with Crippen molar-refractivity contribution in [2.24, 2.45) is 0 Å². The Bertz CT molecular complexity index is 1070. The Morgan fingerprint density at radius 1 is 1.00 bits per heavy atom. The fourth-order valence-electron chi connectivity index (χ4n) is 3.81. The van der Waals surface area contributed by atoms with Gasteiger partial charge < -0.3 is 15.0 Å². The standard InChI is InChI=1S/C27H31BrN2O3/c1-3-17-29-27(32)23(4-2)30(18-16-20-10-6-5-7-11-20)25(31)19-33-24-15-14-21-12-8-9-13-22(21)26(24)28/h5-15,23H,3-4,16-19H2,1-2H3,(H,29,32)/t23-/m1/s1. The molecule has 0 aliphatic carbocycles. The van der Waals surface area contributed by atoms with E-state index in [9.17, 15) is 9.59 Å². The summed E-state index contributed by atoms with van der Waals surface area (Å²) in [4.78, 5) is 27.8. The average molecular weight is 511 g/mol. The molecule has 3 aromatic rings. The van der Waals surface area contributed by atoms with E-state index in [0.29, 0.717) is 31.7 Å². The van der Waals surface area contributed by atoms with Gasteiger partial charge in [0.15, 0.2) is 6.61 Å². The second-order valence-corrected chi connectivity index (χ2v) is 8.72. The summed E-state index contributed by atoms with van der Waals surface area (Å²) < 4.78 is 6.74. The molecule has 0 unspecified atom stereocenters. The van der Waals surface area contributed by atoms with E-state index in [1.54, 1.807) is 4.90 Å². The summed E-state index contributed by atoms with van der Waals surface area (Å²) >= 11 is 3.61. The van der Waals surface area contributed by atoms with Crippen molar-refractivity contribution < 1.29 is 14.3 Å². The molecule has 0 aliphatic heterocycles. The molecule has 5 nitrogen and oxygen atoms in total. The molecule has 0 heterocycles. The zero-order valence-corrected chi connectivity index (χ0v) is 20.8. The van der Waals surface area contributed by atoms with E-state index in [2.05, 4.69) is 21.2 Å². The molecule has 0 aromatic heterocycles. The zero-order chi connectivity index (χ0) is 23.6. The number of rotatable bonds is 11. The molecule has 1 N–H and O–H groups in total. The lowest BCUT2D eigenvalue weighted by Gasteiger charge is -2.30. The van der Waals surface area contributed by atoms with Gasteiger partial charge in [0.05, 0.1) is 4.47 Å². The van der Waals surface area contributed by atoms with Crippen LogP contribution in [0.1, 0.15) is 32.3 Å². The number of nitrogens with zero attached hydrogens (tertiary/aromatic N) is 1. The van der Waals surface area contributed by atoms with E-state index < -0.39 is 6.04 Å². The number of amides is 2. The maximum atomic E-state index is 13.3. The van der Waals surface area contributed by atoms with Gasteiger partial charge in [-0.15, -0.1) is 0 Å². The number of benzene rings is 3. The smallest absolute Gasteiger partial charge is 0.261 e. The summed E-state index contributed by atoms with van der Waals surface area (Å²) in [5, 5.41) is 5.05. The largest absolute Gasteiger partial charge is 0.483 e. The normalized spacial score (nSPS) is 11.7. The van der Waals surface area contributed by atoms with Crippen LogP contribution in [0.15, 0.2) is 71.2 Å². The molecule has 33 heavy (non-hydrogen) atoms. The highest BCUT2D eigenvalue weighted by Gasteiger charge is 2.28. The average Bonchev–Trinajstić information content (AvgIpc) is 2.85. The van der Waals surface area contributed by atoms with E-state index in [-0.39, 0.29) is 18.4 Å². The summed E-state index contributed by atoms with van der Waals surface area (Å²) in [7, 11) is 0. The minimum absolute atomic E-state index is 0.118. The Hall–Kier alpha value is -2.86. The van der Waals surface area contributed by atoms with Crippen LogP contribution < -0.4 is 10.1 Å². The molecular weight excluding hydrogens is 480 g/mol. The highest BCUT2D eigenvalue weighted by molar-refractivity contribution is 9.10. The number of hydrogen-bond donors (Lipinski definition) is 1. The van der Waals surface area contributed by atoms with E-state index in [4.69, 9.17) is 4.74 Å². The quantitative estimate of drug-likeness (QED) is 0.377. The number of fused-ring (bicyclic) bond motifs is 1. The first-order chi connectivity index (χ1) is 16.0. The van der Waals surface area contributed by atoms with Gasteiger partial charge in [0.25, 0.3) is 5.91 Å². The predicted molar refractivity (Wildman–Crippen MR) is 136 cm³/mol. The molecule has 6 heteroatoms. The minimum Gasteiger partial charge on any atom is -0.483 e. The molecule has 0 bridgehead atoms. The molecule has 0 spiro atoms. The number of carbonyl (C=O) groups excluding carboxylic acids is 2. The van der Waals surface area contributed by atoms with Crippen LogP contribution in [0.3, 0.4) is 0 Å². The summed E-state index contributed by atoms with van der Waals surface area (Å²) in [6.07, 6.45) is 2.05. The van der Waals surface area contributed by atoms with Crippen molar-refractivity contribution in [3.05, 3.63) is 76.8 Å². The number of nitrogens with one attached hydrogen (secondary N) is 1. The van der Waals surface area contributed by atoms with Crippen LogP contribution in [0.5, 0.6) is 5.75 Å². The Labute approximate surface area is 204 Å². The molecule has 0 saturated carbocycles. The number of carbonyl (C=O) groups is 2. The highest BCUT2D eigenvalue weighted by Crippen LogP contribution is 2.33. The van der Waals surface area contributed by atoms with Gasteiger partial charge in [-0.25, -0.2) is 0 Å². The first-order valence-corrected chi connectivity index (χ1v) is 12.3. The van der Waals surface area contributed by atoms with Gasteiger partial charge in [-0.3, -0.25) is 9.59 Å². The maximum absolute atomic E-state index is 13.3. The predicted octanol–water partition coefficient (Wildman–Crippen LogP) is 5.36. The number of ether oxygens (including phenoxy) is 1. The van der Waals surface area contributed by atoms with Gasteiger partial charge in [-0.2, -0.15) is 0 Å². The van der Waals surface area contributed by atoms with Crippen molar-refractivity contribution in [2.75, 3.05) is 19.7 Å². The lowest BCUT2D eigenvalue weighted by Crippen LogP contribution is -2.51. The number of halogens is 1. The third-order valence-electron chi connectivity index (χ3n) is 5.60. The molecule has 174 valence electrons. The van der Waals surface area contributed by atoms with E-state index in [1.165, 1.54) is 0 Å². The maximum Gasteiger partial charge on any atom is 0.261 e. The fourth-order valence-corrected chi connectivity index (χ4v) is 4.42. The fraction of sp³-hybridized carbons (Fsp3) is 0.333. The monoisotopic (exact) mass is 510 g/mol. The minimum atomic E-state index is -0.531. The van der Waals surface area contributed by atoms with Gasteiger partial charge in [0.1, 0.15) is 11.8 Å². The van der Waals surface area contributed by atoms with Crippen molar-refractivity contribution in [1.29, 1.82) is 0 Å². The summed E-state index contributed by atoms with van der Waals surface area (Å²) in [5.41, 5.74) is 1.12. The van der Waals surface area contributed by atoms with Crippen LogP contribution in [-0.4, -0.2) is 42.5 Å². The third kappa shape index (κ3) is 6.57. The van der Waals surface area contributed by atoms with Crippen LogP contribution in [0.25, 0.3) is 10.8 Å². The van der Waals surface area contributed by atoms with Gasteiger partial charge in [0.2, 0.25) is 5.91 Å². The second-order valence-electron chi connectivity index (χ2n) is 7.93. The lowest BCUT2D eigenvalue weighted by molar-refractivity contribution is -0.142. The lowest BCUT2D eigenvalue weighted by atomic mass is 10.1. The molecule has 0 saturated heterocycles. The SMILES string of the molecule is CCCNC(=O)[C@@H](CC)N(CCc1ccccc1)C(=O)COc1ccc2ccccc2c1Br. The van der Waals surface area contributed by atoms with Gasteiger partial charge in [0, 0.05) is 13.1 Å². The molecule has 0 radical (unpaired) electrons. The van der Waals surface area contributed by atoms with E-state index in [0.717, 1.165) is 27.2 Å². The Balaban J connectivity index is 1.75. The Kier molecular flexibility index (Phi) is 9.31. The van der Waals surface area contributed by atoms with Crippen LogP contribution in [0, 0.1) is 0 Å². The van der Waals surface area contributed by atoms with Crippen LogP contribution >= 0.6 is 15.9 Å². The molecule has 1 atom stereocenters. The Morgan fingerprint density at radius 2 is 1.73 bits per heavy atom. The van der Waals surface area contributed by atoms with Crippen molar-refractivity contribution >= 4 is 38.5 Å². The molecular formula is C27H31BrN2O3. The number of hydrogen-bond acceptors (Lipinski definition) is 3. The topological polar surface area (TPSA) is 58.6 Å². The van der Waals surface area contributed by atoms with E-state index >= 15 is 0 Å². The van der Waals surface area contributed by atoms with E-state index in [1.807, 2.05) is 80.6 Å². The molecule has 3 aromatic carbocycles. The van der Waals surface area contributed by atoms with Crippen molar-refractivity contribution in [3.8, 4) is 5.75 Å². The molecule has 0 aliphatic rings. The molecule has 0 fully saturated rings. The first-order valence-electron chi connectivity index (χ1n) is 11.5. The van der Waals surface area contributed by atoms with Crippen molar-refractivity contribution in [1.82, 2.24) is 10.2 Å². The van der Waals surface area contributed by atoms with Gasteiger partial charge in [-0.1, -0.05) is 74.5 Å². The van der Waals surface area contributed by atoms with Crippen LogP contribution in [0.4, 0.5) is 0 Å². The zero-order valence-electron chi connectivity index (χ0n) is 19.2. The molecule has 2 amide bonds. The van der Waals surface area contributed by atoms with Crippen LogP contribution in [0.2, 0.25) is 0 Å². The summed E-state index contributed by atoms with van der Waals surface area (Å²) in [5.74, 6) is 0.283. The first kappa shape index (κ1) is 24.8. The third-order valence-corrected chi connectivity index (χ3v) is 6.42. The molecule has 3 rings (SSSR count). The van der Waals surface area contributed by atoms with Gasteiger partial charge >= 0.3 is 0 Å². The summed E-state index contributed by atoms with van der Waals surface area (Å²) in [6, 6.07) is 21.3.